The summed E-state index contributed by atoms with van der Waals surface area (Å²) in [5.74, 6) is 0. The Balaban J connectivity index is 1.68. The maximum Gasteiger partial charge on any atom is 0.241 e. The normalized spacial score (nSPS) is 12.1. The second-order valence-electron chi connectivity index (χ2n) is 5.00. The SMILES string of the molecule is Cc1cc(S(=O)(=O)NCCc2nc3ccccc3s2)c(C)s1. The van der Waals surface area contributed by atoms with Gasteiger partial charge in [0.05, 0.1) is 20.1 Å². The first-order chi connectivity index (χ1) is 10.5. The summed E-state index contributed by atoms with van der Waals surface area (Å²) in [6.07, 6.45) is 0.598. The summed E-state index contributed by atoms with van der Waals surface area (Å²) >= 11 is 3.11. The van der Waals surface area contributed by atoms with Crippen LogP contribution in [0.3, 0.4) is 0 Å². The first-order valence-corrected chi connectivity index (χ1v) is 9.98. The summed E-state index contributed by atoms with van der Waals surface area (Å²) in [7, 11) is -3.43. The van der Waals surface area contributed by atoms with Gasteiger partial charge in [0.1, 0.15) is 0 Å². The molecule has 4 nitrogen and oxygen atoms in total. The van der Waals surface area contributed by atoms with Crippen LogP contribution in [-0.4, -0.2) is 19.9 Å². The molecule has 2 aromatic heterocycles. The molecule has 0 atom stereocenters. The fourth-order valence-corrected chi connectivity index (χ4v) is 5.82. The number of rotatable bonds is 5. The molecular weight excluding hydrogens is 336 g/mol. The predicted octanol–water partition coefficient (Wildman–Crippen LogP) is 3.50. The van der Waals surface area contributed by atoms with Gasteiger partial charge in [-0.15, -0.1) is 22.7 Å². The molecule has 0 radical (unpaired) electrons. The van der Waals surface area contributed by atoms with Crippen molar-refractivity contribution in [1.82, 2.24) is 9.71 Å². The van der Waals surface area contributed by atoms with E-state index < -0.39 is 10.0 Å². The van der Waals surface area contributed by atoms with Gasteiger partial charge in [0.25, 0.3) is 0 Å². The van der Waals surface area contributed by atoms with Crippen LogP contribution < -0.4 is 4.72 Å². The van der Waals surface area contributed by atoms with Crippen LogP contribution in [0.5, 0.6) is 0 Å². The van der Waals surface area contributed by atoms with E-state index in [1.165, 1.54) is 11.3 Å². The Hall–Kier alpha value is -1.28. The number of sulfonamides is 1. The standard InChI is InChI=1S/C15H16N2O2S3/c1-10-9-14(11(2)20-10)22(18,19)16-8-7-15-17-12-5-3-4-6-13(12)21-15/h3-6,9,16H,7-8H2,1-2H3. The Bertz CT molecular complexity index is 877. The van der Waals surface area contributed by atoms with Gasteiger partial charge in [-0.1, -0.05) is 12.1 Å². The van der Waals surface area contributed by atoms with E-state index >= 15 is 0 Å². The van der Waals surface area contributed by atoms with Gasteiger partial charge in [-0.25, -0.2) is 18.1 Å². The molecule has 2 heterocycles. The van der Waals surface area contributed by atoms with Crippen LogP contribution in [0.1, 0.15) is 14.8 Å². The molecule has 0 aliphatic carbocycles. The van der Waals surface area contributed by atoms with Crippen molar-refractivity contribution in [2.75, 3.05) is 6.54 Å². The van der Waals surface area contributed by atoms with Crippen molar-refractivity contribution >= 4 is 42.9 Å². The molecule has 7 heteroatoms. The minimum atomic E-state index is -3.43. The molecule has 1 aromatic carbocycles. The summed E-state index contributed by atoms with van der Waals surface area (Å²) in [5.41, 5.74) is 0.967. The quantitative estimate of drug-likeness (QED) is 0.764. The molecule has 1 N–H and O–H groups in total. The molecule has 0 unspecified atom stereocenters. The highest BCUT2D eigenvalue weighted by molar-refractivity contribution is 7.89. The number of aromatic nitrogens is 1. The minimum Gasteiger partial charge on any atom is -0.241 e. The molecule has 0 aliphatic heterocycles. The van der Waals surface area contributed by atoms with Crippen molar-refractivity contribution in [2.24, 2.45) is 0 Å². The van der Waals surface area contributed by atoms with Crippen molar-refractivity contribution in [3.05, 3.63) is 45.1 Å². The summed E-state index contributed by atoms with van der Waals surface area (Å²) in [6, 6.07) is 9.65. The highest BCUT2D eigenvalue weighted by Gasteiger charge is 2.18. The van der Waals surface area contributed by atoms with Crippen molar-refractivity contribution in [3.8, 4) is 0 Å². The van der Waals surface area contributed by atoms with Crippen molar-refractivity contribution in [2.45, 2.75) is 25.2 Å². The Morgan fingerprint density at radius 3 is 2.64 bits per heavy atom. The van der Waals surface area contributed by atoms with E-state index in [-0.39, 0.29) is 0 Å². The first-order valence-electron chi connectivity index (χ1n) is 6.87. The molecular formula is C15H16N2O2S3. The summed E-state index contributed by atoms with van der Waals surface area (Å²) < 4.78 is 28.4. The maximum atomic E-state index is 12.3. The number of nitrogens with zero attached hydrogens (tertiary/aromatic N) is 1. The van der Waals surface area contributed by atoms with Gasteiger partial charge in [0, 0.05) is 22.7 Å². The minimum absolute atomic E-state index is 0.358. The summed E-state index contributed by atoms with van der Waals surface area (Å²) in [5, 5.41) is 0.946. The van der Waals surface area contributed by atoms with E-state index in [0.29, 0.717) is 17.9 Å². The van der Waals surface area contributed by atoms with Crippen molar-refractivity contribution in [1.29, 1.82) is 0 Å². The van der Waals surface area contributed by atoms with Crippen LogP contribution in [0.15, 0.2) is 35.2 Å². The third-order valence-electron chi connectivity index (χ3n) is 3.25. The number of hydrogen-bond donors (Lipinski definition) is 1. The molecule has 3 aromatic rings. The monoisotopic (exact) mass is 352 g/mol. The number of benzene rings is 1. The fourth-order valence-electron chi connectivity index (χ4n) is 2.27. The average molecular weight is 353 g/mol. The number of hydrogen-bond acceptors (Lipinski definition) is 5. The van der Waals surface area contributed by atoms with Crippen LogP contribution in [-0.2, 0) is 16.4 Å². The zero-order valence-corrected chi connectivity index (χ0v) is 14.7. The van der Waals surface area contributed by atoms with Crippen LogP contribution >= 0.6 is 22.7 Å². The second-order valence-corrected chi connectivity index (χ2v) is 9.31. The van der Waals surface area contributed by atoms with E-state index in [4.69, 9.17) is 0 Å². The van der Waals surface area contributed by atoms with Gasteiger partial charge >= 0.3 is 0 Å². The predicted molar refractivity (Wildman–Crippen MR) is 92.3 cm³/mol. The number of para-hydroxylation sites is 1. The number of aryl methyl sites for hydroxylation is 2. The van der Waals surface area contributed by atoms with Crippen LogP contribution in [0.25, 0.3) is 10.2 Å². The molecule has 116 valence electrons. The van der Waals surface area contributed by atoms with Crippen LogP contribution in [0, 0.1) is 13.8 Å². The lowest BCUT2D eigenvalue weighted by Crippen LogP contribution is -2.26. The van der Waals surface area contributed by atoms with E-state index in [0.717, 1.165) is 25.0 Å². The van der Waals surface area contributed by atoms with Gasteiger partial charge in [0.15, 0.2) is 0 Å². The van der Waals surface area contributed by atoms with Crippen molar-refractivity contribution < 1.29 is 8.42 Å². The van der Waals surface area contributed by atoms with Gasteiger partial charge in [-0.05, 0) is 32.0 Å². The van der Waals surface area contributed by atoms with E-state index in [2.05, 4.69) is 9.71 Å². The topological polar surface area (TPSA) is 59.1 Å². The molecule has 0 amide bonds. The first kappa shape index (κ1) is 15.6. The lowest BCUT2D eigenvalue weighted by Gasteiger charge is -2.04. The van der Waals surface area contributed by atoms with Crippen LogP contribution in [0.4, 0.5) is 0 Å². The van der Waals surface area contributed by atoms with Gasteiger partial charge in [0.2, 0.25) is 10.0 Å². The highest BCUT2D eigenvalue weighted by Crippen LogP contribution is 2.25. The summed E-state index contributed by atoms with van der Waals surface area (Å²) in [4.78, 5) is 6.73. The van der Waals surface area contributed by atoms with Crippen LogP contribution in [0.2, 0.25) is 0 Å². The van der Waals surface area contributed by atoms with Gasteiger partial charge in [-0.2, -0.15) is 0 Å². The molecule has 3 rings (SSSR count). The lowest BCUT2D eigenvalue weighted by molar-refractivity contribution is 0.581. The lowest BCUT2D eigenvalue weighted by atomic mass is 10.3. The Morgan fingerprint density at radius 2 is 1.95 bits per heavy atom. The summed E-state index contributed by atoms with van der Waals surface area (Å²) in [6.45, 7) is 4.11. The number of thiazole rings is 1. The third kappa shape index (κ3) is 3.22. The number of thiophene rings is 1. The number of fused-ring (bicyclic) bond motifs is 1. The smallest absolute Gasteiger partial charge is 0.241 e. The Morgan fingerprint density at radius 1 is 1.18 bits per heavy atom. The average Bonchev–Trinajstić information content (AvgIpc) is 3.01. The molecule has 0 bridgehead atoms. The molecule has 0 saturated heterocycles. The van der Waals surface area contributed by atoms with Gasteiger partial charge < -0.3 is 0 Å². The molecule has 0 saturated carbocycles. The zero-order valence-electron chi connectivity index (χ0n) is 12.3. The van der Waals surface area contributed by atoms with E-state index in [9.17, 15) is 8.42 Å². The highest BCUT2D eigenvalue weighted by atomic mass is 32.2. The fraction of sp³-hybridized carbons (Fsp3) is 0.267. The number of nitrogens with one attached hydrogen (secondary N) is 1. The molecule has 0 fully saturated rings. The zero-order chi connectivity index (χ0) is 15.7. The Kier molecular flexibility index (Phi) is 4.31. The largest absolute Gasteiger partial charge is 0.241 e. The molecule has 0 spiro atoms. The van der Waals surface area contributed by atoms with E-state index in [1.807, 2.05) is 38.1 Å². The van der Waals surface area contributed by atoms with E-state index in [1.54, 1.807) is 17.4 Å². The third-order valence-corrected chi connectivity index (χ3v) is 7.03. The maximum absolute atomic E-state index is 12.3. The molecule has 22 heavy (non-hydrogen) atoms. The van der Waals surface area contributed by atoms with Crippen molar-refractivity contribution in [3.63, 3.8) is 0 Å². The molecule has 0 aliphatic rings. The van der Waals surface area contributed by atoms with Gasteiger partial charge in [-0.3, -0.25) is 0 Å². The Labute approximate surface area is 137 Å². The second kappa shape index (κ2) is 6.08.